The summed E-state index contributed by atoms with van der Waals surface area (Å²) in [6, 6.07) is 14.8. The van der Waals surface area contributed by atoms with Crippen molar-refractivity contribution in [3.05, 3.63) is 95.6 Å². The van der Waals surface area contributed by atoms with Gasteiger partial charge in [0.15, 0.2) is 5.16 Å². The van der Waals surface area contributed by atoms with E-state index in [0.717, 1.165) is 60.6 Å². The number of nitrogens with zero attached hydrogens (tertiary/aromatic N) is 3. The zero-order chi connectivity index (χ0) is 31.0. The number of hydrogen-bond donors (Lipinski definition) is 2. The molecule has 0 saturated heterocycles. The summed E-state index contributed by atoms with van der Waals surface area (Å²) in [7, 11) is 1.00. The quantitative estimate of drug-likeness (QED) is 0.102. The van der Waals surface area contributed by atoms with E-state index in [1.807, 2.05) is 39.0 Å². The number of halogens is 1. The minimum absolute atomic E-state index is 0.0698. The fourth-order valence-electron chi connectivity index (χ4n) is 3.39. The Morgan fingerprint density at radius 1 is 1.07 bits per heavy atom. The van der Waals surface area contributed by atoms with Crippen LogP contribution in [0.15, 0.2) is 78.0 Å². The molecular formula is C33H45FN4O2S. The molecule has 41 heavy (non-hydrogen) atoms. The van der Waals surface area contributed by atoms with E-state index in [9.17, 15) is 9.18 Å². The lowest BCUT2D eigenvalue weighted by Crippen LogP contribution is -2.24. The summed E-state index contributed by atoms with van der Waals surface area (Å²) in [5.41, 5.74) is 4.19. The van der Waals surface area contributed by atoms with Crippen molar-refractivity contribution < 1.29 is 14.3 Å². The normalized spacial score (nSPS) is 9.88. The van der Waals surface area contributed by atoms with Crippen LogP contribution in [0, 0.1) is 25.6 Å². The van der Waals surface area contributed by atoms with Gasteiger partial charge in [-0.1, -0.05) is 66.8 Å². The number of aliphatic hydroxyl groups excluding tert-OH is 1. The van der Waals surface area contributed by atoms with E-state index in [2.05, 4.69) is 64.6 Å². The van der Waals surface area contributed by atoms with Crippen LogP contribution in [0.2, 0.25) is 0 Å². The van der Waals surface area contributed by atoms with Crippen LogP contribution >= 0.6 is 11.8 Å². The van der Waals surface area contributed by atoms with E-state index in [0.29, 0.717) is 18.7 Å². The summed E-state index contributed by atoms with van der Waals surface area (Å²) in [6.07, 6.45) is 16.0. The molecule has 6 nitrogen and oxygen atoms in total. The van der Waals surface area contributed by atoms with Crippen LogP contribution in [-0.2, 0) is 17.0 Å². The summed E-state index contributed by atoms with van der Waals surface area (Å²) >= 11 is 1.59. The second-order valence-electron chi connectivity index (χ2n) is 8.95. The van der Waals surface area contributed by atoms with Gasteiger partial charge in [0.05, 0.1) is 0 Å². The first-order valence-electron chi connectivity index (χ1n) is 13.5. The summed E-state index contributed by atoms with van der Waals surface area (Å²) in [6.45, 7) is 12.3. The third-order valence-electron chi connectivity index (χ3n) is 5.47. The molecule has 0 aliphatic heterocycles. The second kappa shape index (κ2) is 23.1. The minimum atomic E-state index is -0.234. The smallest absolute Gasteiger partial charge is 0.220 e. The average Bonchev–Trinajstić information content (AvgIpc) is 3.40. The lowest BCUT2D eigenvalue weighted by atomic mass is 10.1. The Balaban J connectivity index is 0.00000180. The Bertz CT molecular complexity index is 1200. The fourth-order valence-corrected chi connectivity index (χ4v) is 4.32. The maximum absolute atomic E-state index is 13.2. The zero-order valence-corrected chi connectivity index (χ0v) is 25.9. The highest BCUT2D eigenvalue weighted by atomic mass is 32.2. The molecule has 8 heteroatoms. The highest BCUT2D eigenvalue weighted by molar-refractivity contribution is 7.98. The van der Waals surface area contributed by atoms with Crippen LogP contribution in [0.3, 0.4) is 0 Å². The molecule has 0 bridgehead atoms. The van der Waals surface area contributed by atoms with E-state index < -0.39 is 0 Å². The summed E-state index contributed by atoms with van der Waals surface area (Å²) in [5, 5.41) is 19.6. The number of benzene rings is 2. The van der Waals surface area contributed by atoms with Crippen molar-refractivity contribution >= 4 is 17.7 Å². The maximum Gasteiger partial charge on any atom is 0.220 e. The van der Waals surface area contributed by atoms with Gasteiger partial charge in [-0.05, 0) is 75.9 Å². The molecule has 2 aromatic carbocycles. The van der Waals surface area contributed by atoms with E-state index in [4.69, 9.17) is 5.11 Å². The molecule has 0 fully saturated rings. The molecular weight excluding hydrogens is 535 g/mol. The Kier molecular flexibility index (Phi) is 21.0. The number of nitrogens with one attached hydrogen (secondary N) is 1. The Labute approximate surface area is 250 Å². The van der Waals surface area contributed by atoms with E-state index >= 15 is 0 Å². The van der Waals surface area contributed by atoms with Crippen LogP contribution in [0.25, 0.3) is 5.69 Å². The Hall–Kier alpha value is -3.67. The zero-order valence-electron chi connectivity index (χ0n) is 25.1. The summed E-state index contributed by atoms with van der Waals surface area (Å²) in [5.74, 6) is 1.43. The van der Waals surface area contributed by atoms with Crippen molar-refractivity contribution in [2.45, 2.75) is 70.7 Å². The van der Waals surface area contributed by atoms with Crippen molar-refractivity contribution in [3.8, 4) is 18.5 Å². The van der Waals surface area contributed by atoms with Gasteiger partial charge in [0.2, 0.25) is 5.91 Å². The van der Waals surface area contributed by atoms with Crippen molar-refractivity contribution in [2.24, 2.45) is 0 Å². The van der Waals surface area contributed by atoms with Crippen LogP contribution < -0.4 is 5.32 Å². The molecule has 0 aliphatic carbocycles. The van der Waals surface area contributed by atoms with Gasteiger partial charge in [0.25, 0.3) is 0 Å². The highest BCUT2D eigenvalue weighted by Gasteiger charge is 2.15. The summed E-state index contributed by atoms with van der Waals surface area (Å²) < 4.78 is 15.3. The minimum Gasteiger partial charge on any atom is -0.400 e. The maximum atomic E-state index is 13.2. The molecule has 3 aromatic rings. The number of thioether (sulfide) groups is 1. The topological polar surface area (TPSA) is 80.0 Å². The van der Waals surface area contributed by atoms with Crippen LogP contribution in [0.4, 0.5) is 4.39 Å². The predicted octanol–water partition coefficient (Wildman–Crippen LogP) is 7.24. The van der Waals surface area contributed by atoms with Crippen LogP contribution in [-0.4, -0.2) is 39.4 Å². The average molecular weight is 581 g/mol. The summed E-state index contributed by atoms with van der Waals surface area (Å²) in [4.78, 5) is 11.9. The SMILES string of the molecule is C#C.C/C=C\C.C=C(C)CNC(=O)CCCCCc1nnc(SCc2ccc(F)cc2)n1-c1cccc(C)c1.CO. The molecule has 1 aromatic heterocycles. The number of aryl methyl sites for hydroxylation is 2. The van der Waals surface area contributed by atoms with Crippen molar-refractivity contribution in [2.75, 3.05) is 13.7 Å². The van der Waals surface area contributed by atoms with Gasteiger partial charge < -0.3 is 10.4 Å². The van der Waals surface area contributed by atoms with Gasteiger partial charge in [-0.2, -0.15) is 0 Å². The van der Waals surface area contributed by atoms with Crippen LogP contribution in [0.1, 0.15) is 63.4 Å². The lowest BCUT2D eigenvalue weighted by molar-refractivity contribution is -0.121. The van der Waals surface area contributed by atoms with Crippen LogP contribution in [0.5, 0.6) is 0 Å². The van der Waals surface area contributed by atoms with E-state index in [1.54, 1.807) is 23.9 Å². The van der Waals surface area contributed by atoms with Gasteiger partial charge in [-0.25, -0.2) is 4.39 Å². The van der Waals surface area contributed by atoms with Gasteiger partial charge in [0.1, 0.15) is 11.6 Å². The Morgan fingerprint density at radius 2 is 1.73 bits per heavy atom. The predicted molar refractivity (Wildman–Crippen MR) is 171 cm³/mol. The number of aromatic nitrogens is 3. The van der Waals surface area contributed by atoms with Gasteiger partial charge in [0, 0.05) is 37.9 Å². The number of rotatable bonds is 12. The molecule has 0 atom stereocenters. The highest BCUT2D eigenvalue weighted by Crippen LogP contribution is 2.26. The molecule has 0 aliphatic rings. The molecule has 0 saturated carbocycles. The fraction of sp³-hybridized carbons (Fsp3) is 0.364. The lowest BCUT2D eigenvalue weighted by Gasteiger charge is -2.11. The standard InChI is InChI=1S/C26H31FN4OS.C4H8.C2H2.CH4O/c1-19(2)17-28-25(32)11-6-4-5-10-24-29-30-26(31(24)23-9-7-8-20(3)16-23)33-18-21-12-14-22(27)15-13-21;1-3-4-2;2*1-2/h7-9,12-16H,1,4-6,10-11,17-18H2,2-3H3,(H,28,32);3-4H,1-2H3;1-2H;2H,1H3/b;4-3-;;. The number of terminal acetylenes is 1. The molecule has 3 rings (SSSR count). The molecule has 0 spiro atoms. The molecule has 222 valence electrons. The number of hydrogen-bond acceptors (Lipinski definition) is 5. The van der Waals surface area contributed by atoms with Gasteiger partial charge in [-0.3, -0.25) is 9.36 Å². The Morgan fingerprint density at radius 3 is 2.32 bits per heavy atom. The molecule has 2 N–H and O–H groups in total. The second-order valence-corrected chi connectivity index (χ2v) is 9.89. The molecule has 0 radical (unpaired) electrons. The van der Waals surface area contributed by atoms with Crippen molar-refractivity contribution in [3.63, 3.8) is 0 Å². The van der Waals surface area contributed by atoms with Gasteiger partial charge in [-0.15, -0.1) is 23.0 Å². The number of carbonyl (C=O) groups is 1. The largest absolute Gasteiger partial charge is 0.400 e. The number of aliphatic hydroxyl groups is 1. The van der Waals surface area contributed by atoms with E-state index in [-0.39, 0.29) is 11.7 Å². The van der Waals surface area contributed by atoms with Gasteiger partial charge >= 0.3 is 0 Å². The van der Waals surface area contributed by atoms with Crippen molar-refractivity contribution in [1.82, 2.24) is 20.1 Å². The monoisotopic (exact) mass is 580 g/mol. The number of amides is 1. The number of unbranched alkanes of at least 4 members (excludes halogenated alkanes) is 2. The first-order valence-corrected chi connectivity index (χ1v) is 14.5. The number of carbonyl (C=O) groups excluding carboxylic acids is 1. The van der Waals surface area contributed by atoms with Crippen molar-refractivity contribution in [1.29, 1.82) is 0 Å². The molecule has 1 amide bonds. The third kappa shape index (κ3) is 15.6. The molecule has 1 heterocycles. The number of allylic oxidation sites excluding steroid dienone is 2. The third-order valence-corrected chi connectivity index (χ3v) is 6.47. The molecule has 0 unspecified atom stereocenters. The first kappa shape index (κ1) is 37.3. The van der Waals surface area contributed by atoms with E-state index in [1.165, 1.54) is 17.7 Å². The first-order chi connectivity index (χ1) is 19.8.